The molecule has 1 heterocycles. The Morgan fingerprint density at radius 2 is 1.81 bits per heavy atom. The molecular formula is C23H23N3O. The summed E-state index contributed by atoms with van der Waals surface area (Å²) in [4.78, 5) is 17.6. The van der Waals surface area contributed by atoms with Crippen LogP contribution in [-0.2, 0) is 6.42 Å². The van der Waals surface area contributed by atoms with Crippen molar-refractivity contribution in [1.82, 2.24) is 10.3 Å². The molecule has 3 aromatic rings. The van der Waals surface area contributed by atoms with E-state index in [1.165, 1.54) is 11.1 Å². The summed E-state index contributed by atoms with van der Waals surface area (Å²) in [5, 5.41) is 7.62. The first-order valence-electron chi connectivity index (χ1n) is 9.83. The zero-order valence-corrected chi connectivity index (χ0v) is 15.2. The summed E-state index contributed by atoms with van der Waals surface area (Å²) in [7, 11) is 0. The first-order valence-corrected chi connectivity index (χ1v) is 9.83. The van der Waals surface area contributed by atoms with Gasteiger partial charge in [0.25, 0.3) is 5.91 Å². The minimum Gasteiger partial charge on any atom is -0.363 e. The van der Waals surface area contributed by atoms with Crippen molar-refractivity contribution in [3.8, 4) is 0 Å². The van der Waals surface area contributed by atoms with E-state index in [1.54, 1.807) is 0 Å². The lowest BCUT2D eigenvalue weighted by atomic mass is 9.88. The molecule has 1 aromatic heterocycles. The molecule has 2 N–H and O–H groups in total. The molecule has 1 unspecified atom stereocenters. The van der Waals surface area contributed by atoms with Crippen molar-refractivity contribution in [2.24, 2.45) is 0 Å². The van der Waals surface area contributed by atoms with Crippen LogP contribution >= 0.6 is 0 Å². The van der Waals surface area contributed by atoms with Gasteiger partial charge in [-0.2, -0.15) is 0 Å². The van der Waals surface area contributed by atoms with Gasteiger partial charge in [0, 0.05) is 11.4 Å². The van der Waals surface area contributed by atoms with Gasteiger partial charge >= 0.3 is 0 Å². The zero-order chi connectivity index (χ0) is 18.2. The molecule has 5 rings (SSSR count). The van der Waals surface area contributed by atoms with E-state index >= 15 is 0 Å². The first-order chi connectivity index (χ1) is 13.3. The maximum atomic E-state index is 12.8. The van der Waals surface area contributed by atoms with Gasteiger partial charge in [0.05, 0.1) is 17.1 Å². The highest BCUT2D eigenvalue weighted by atomic mass is 16.1. The summed E-state index contributed by atoms with van der Waals surface area (Å²) in [6.07, 6.45) is 5.54. The third-order valence-corrected chi connectivity index (χ3v) is 5.56. The van der Waals surface area contributed by atoms with E-state index in [1.807, 2.05) is 30.3 Å². The minimum absolute atomic E-state index is 0.00296. The third kappa shape index (κ3) is 3.27. The number of carbonyl (C=O) groups excluding carboxylic acids is 1. The van der Waals surface area contributed by atoms with Gasteiger partial charge in [-0.1, -0.05) is 42.5 Å². The molecule has 2 aliphatic rings. The number of para-hydroxylation sites is 1. The molecule has 1 atom stereocenters. The van der Waals surface area contributed by atoms with Gasteiger partial charge in [-0.25, -0.2) is 4.98 Å². The number of rotatable bonds is 4. The van der Waals surface area contributed by atoms with Crippen molar-refractivity contribution in [2.75, 3.05) is 5.32 Å². The van der Waals surface area contributed by atoms with Crippen molar-refractivity contribution in [3.05, 3.63) is 71.3 Å². The van der Waals surface area contributed by atoms with Crippen molar-refractivity contribution >= 4 is 22.6 Å². The number of benzene rings is 2. The number of aromatic nitrogens is 1. The number of hydrogen-bond acceptors (Lipinski definition) is 3. The Kier molecular flexibility index (Phi) is 4.04. The van der Waals surface area contributed by atoms with Crippen LogP contribution in [-0.4, -0.2) is 16.9 Å². The molecule has 0 aliphatic heterocycles. The molecule has 1 fully saturated rings. The Hall–Kier alpha value is -2.88. The van der Waals surface area contributed by atoms with Crippen molar-refractivity contribution < 1.29 is 4.79 Å². The molecule has 2 aliphatic carbocycles. The fourth-order valence-corrected chi connectivity index (χ4v) is 4.01. The summed E-state index contributed by atoms with van der Waals surface area (Å²) >= 11 is 0. The SMILES string of the molecule is O=C(NC1CC1)c1cc(NC2CCCc3ccccc32)nc2ccccc12. The lowest BCUT2D eigenvalue weighted by molar-refractivity contribution is 0.0952. The molecule has 136 valence electrons. The van der Waals surface area contributed by atoms with Gasteiger partial charge in [-0.3, -0.25) is 4.79 Å². The van der Waals surface area contributed by atoms with E-state index in [2.05, 4.69) is 34.9 Å². The summed E-state index contributed by atoms with van der Waals surface area (Å²) in [6.45, 7) is 0. The number of aryl methyl sites for hydroxylation is 1. The Bertz CT molecular complexity index is 1010. The van der Waals surface area contributed by atoms with Gasteiger partial charge in [-0.15, -0.1) is 0 Å². The highest BCUT2D eigenvalue weighted by molar-refractivity contribution is 6.07. The monoisotopic (exact) mass is 357 g/mol. The average molecular weight is 357 g/mol. The summed E-state index contributed by atoms with van der Waals surface area (Å²) in [6, 6.07) is 19.0. The quantitative estimate of drug-likeness (QED) is 0.716. The van der Waals surface area contributed by atoms with Crippen molar-refractivity contribution in [3.63, 3.8) is 0 Å². The highest BCUT2D eigenvalue weighted by Gasteiger charge is 2.25. The summed E-state index contributed by atoms with van der Waals surface area (Å²) < 4.78 is 0. The van der Waals surface area contributed by atoms with Gasteiger partial charge in [-0.05, 0) is 55.4 Å². The standard InChI is InChI=1S/C23H23N3O/c27-23(24-16-12-13-16)19-14-22(26-21-10-4-3-9-18(19)21)25-20-11-5-7-15-6-1-2-8-17(15)20/h1-4,6,8-10,14,16,20H,5,7,11-13H2,(H,24,27)(H,25,26). The van der Waals surface area contributed by atoms with Crippen LogP contribution in [0.2, 0.25) is 0 Å². The van der Waals surface area contributed by atoms with Crippen LogP contribution in [0.25, 0.3) is 10.9 Å². The lowest BCUT2D eigenvalue weighted by Gasteiger charge is -2.27. The van der Waals surface area contributed by atoms with E-state index in [-0.39, 0.29) is 11.9 Å². The van der Waals surface area contributed by atoms with E-state index < -0.39 is 0 Å². The Morgan fingerprint density at radius 1 is 1.00 bits per heavy atom. The topological polar surface area (TPSA) is 54.0 Å². The summed E-state index contributed by atoms with van der Waals surface area (Å²) in [5.74, 6) is 0.777. The van der Waals surface area contributed by atoms with Crippen LogP contribution in [0.1, 0.15) is 53.2 Å². The first kappa shape index (κ1) is 16.3. The predicted octanol–water partition coefficient (Wildman–Crippen LogP) is 4.62. The number of nitrogens with zero attached hydrogens (tertiary/aromatic N) is 1. The average Bonchev–Trinajstić information content (AvgIpc) is 3.51. The van der Waals surface area contributed by atoms with E-state index in [0.717, 1.165) is 48.8 Å². The van der Waals surface area contributed by atoms with Crippen molar-refractivity contribution in [2.45, 2.75) is 44.2 Å². The molecule has 0 saturated heterocycles. The van der Waals surface area contributed by atoms with Crippen LogP contribution < -0.4 is 10.6 Å². The van der Waals surface area contributed by atoms with E-state index in [4.69, 9.17) is 4.98 Å². The number of pyridine rings is 1. The number of amides is 1. The van der Waals surface area contributed by atoms with Crippen LogP contribution in [0.15, 0.2) is 54.6 Å². The van der Waals surface area contributed by atoms with Gasteiger partial charge in [0.2, 0.25) is 0 Å². The van der Waals surface area contributed by atoms with Gasteiger partial charge in [0.15, 0.2) is 0 Å². The minimum atomic E-state index is 0.00296. The van der Waals surface area contributed by atoms with Gasteiger partial charge in [0.1, 0.15) is 5.82 Å². The molecule has 0 spiro atoms. The lowest BCUT2D eigenvalue weighted by Crippen LogP contribution is -2.26. The molecule has 2 aromatic carbocycles. The Balaban J connectivity index is 1.51. The highest BCUT2D eigenvalue weighted by Crippen LogP contribution is 2.33. The maximum Gasteiger partial charge on any atom is 0.252 e. The van der Waals surface area contributed by atoms with E-state index in [0.29, 0.717) is 11.6 Å². The fraction of sp³-hybridized carbons (Fsp3) is 0.304. The second-order valence-corrected chi connectivity index (χ2v) is 7.61. The Labute approximate surface area is 159 Å². The largest absolute Gasteiger partial charge is 0.363 e. The third-order valence-electron chi connectivity index (χ3n) is 5.56. The van der Waals surface area contributed by atoms with Crippen molar-refractivity contribution in [1.29, 1.82) is 0 Å². The molecular weight excluding hydrogens is 334 g/mol. The Morgan fingerprint density at radius 3 is 2.70 bits per heavy atom. The normalized spacial score (nSPS) is 18.7. The van der Waals surface area contributed by atoms with Crippen LogP contribution in [0.4, 0.5) is 5.82 Å². The number of anilines is 1. The van der Waals surface area contributed by atoms with Crippen LogP contribution in [0.3, 0.4) is 0 Å². The molecule has 4 heteroatoms. The molecule has 4 nitrogen and oxygen atoms in total. The smallest absolute Gasteiger partial charge is 0.252 e. The number of nitrogens with one attached hydrogen (secondary N) is 2. The van der Waals surface area contributed by atoms with Gasteiger partial charge < -0.3 is 10.6 Å². The molecule has 1 amide bonds. The fourth-order valence-electron chi connectivity index (χ4n) is 4.01. The number of fused-ring (bicyclic) bond motifs is 2. The number of hydrogen-bond donors (Lipinski definition) is 2. The molecule has 0 bridgehead atoms. The second kappa shape index (κ2) is 6.69. The van der Waals surface area contributed by atoms with E-state index in [9.17, 15) is 4.79 Å². The number of carbonyl (C=O) groups is 1. The molecule has 0 radical (unpaired) electrons. The van der Waals surface area contributed by atoms with Crippen LogP contribution in [0, 0.1) is 0 Å². The second-order valence-electron chi connectivity index (χ2n) is 7.61. The summed E-state index contributed by atoms with van der Waals surface area (Å²) in [5.41, 5.74) is 4.32. The predicted molar refractivity (Wildman–Crippen MR) is 108 cm³/mol. The van der Waals surface area contributed by atoms with Crippen LogP contribution in [0.5, 0.6) is 0 Å². The maximum absolute atomic E-state index is 12.8. The zero-order valence-electron chi connectivity index (χ0n) is 15.2. The molecule has 1 saturated carbocycles. The molecule has 27 heavy (non-hydrogen) atoms.